The summed E-state index contributed by atoms with van der Waals surface area (Å²) in [6, 6.07) is 10.6. The average molecular weight is 437 g/mol. The molecule has 2 aromatic carbocycles. The molecule has 1 aliphatic rings. The van der Waals surface area contributed by atoms with Crippen LogP contribution in [0.2, 0.25) is 10.0 Å². The number of hydrogen-bond acceptors (Lipinski definition) is 5. The number of esters is 1. The van der Waals surface area contributed by atoms with E-state index in [1.165, 1.54) is 33.3 Å². The van der Waals surface area contributed by atoms with Crippen LogP contribution in [-0.2, 0) is 20.9 Å². The Bertz CT molecular complexity index is 906. The summed E-state index contributed by atoms with van der Waals surface area (Å²) in [6.45, 7) is 0.811. The van der Waals surface area contributed by atoms with Crippen molar-refractivity contribution in [1.29, 1.82) is 0 Å². The number of carbonyl (C=O) groups is 1. The first-order valence-electron chi connectivity index (χ1n) is 9.17. The molecule has 0 radical (unpaired) electrons. The van der Waals surface area contributed by atoms with E-state index in [1.807, 2.05) is 18.2 Å². The summed E-state index contributed by atoms with van der Waals surface area (Å²) < 4.78 is 21.6. The van der Waals surface area contributed by atoms with E-state index < -0.39 is 5.97 Å². The molecule has 0 saturated heterocycles. The molecule has 0 aromatic heterocycles. The molecule has 29 heavy (non-hydrogen) atoms. The maximum Gasteiger partial charge on any atom is 0.341 e. The molecule has 154 valence electrons. The lowest BCUT2D eigenvalue weighted by atomic mass is 10.0. The van der Waals surface area contributed by atoms with Gasteiger partial charge in [-0.25, -0.2) is 4.79 Å². The second kappa shape index (κ2) is 9.90. The van der Waals surface area contributed by atoms with E-state index in [4.69, 9.17) is 42.1 Å². The van der Waals surface area contributed by atoms with Gasteiger partial charge in [-0.15, -0.1) is 0 Å². The third kappa shape index (κ3) is 5.58. The predicted octanol–water partition coefficient (Wildman–Crippen LogP) is 5.52. The molecule has 0 N–H and O–H groups in total. The van der Waals surface area contributed by atoms with Gasteiger partial charge in [-0.2, -0.15) is 0 Å². The molecule has 0 atom stereocenters. The molecule has 1 fully saturated rings. The fraction of sp³-hybridized carbons (Fsp3) is 0.318. The number of hydrogen-bond donors (Lipinski definition) is 0. The van der Waals surface area contributed by atoms with Crippen molar-refractivity contribution < 1.29 is 23.7 Å². The molecule has 0 aliphatic heterocycles. The zero-order valence-corrected chi connectivity index (χ0v) is 17.8. The second-order valence-corrected chi connectivity index (χ2v) is 7.49. The van der Waals surface area contributed by atoms with Gasteiger partial charge < -0.3 is 18.9 Å². The van der Waals surface area contributed by atoms with Crippen LogP contribution in [-0.4, -0.2) is 26.8 Å². The summed E-state index contributed by atoms with van der Waals surface area (Å²) in [4.78, 5) is 12.1. The second-order valence-electron chi connectivity index (χ2n) is 6.67. The number of rotatable bonds is 9. The Morgan fingerprint density at radius 1 is 1.07 bits per heavy atom. The summed E-state index contributed by atoms with van der Waals surface area (Å²) in [7, 11) is 2.79. The van der Waals surface area contributed by atoms with E-state index in [0.29, 0.717) is 45.2 Å². The fourth-order valence-electron chi connectivity index (χ4n) is 2.74. The summed E-state index contributed by atoms with van der Waals surface area (Å²) >= 11 is 12.5. The SMILES string of the molecule is COC=C(C(=O)OC)c1ccccc1COc1cc(OCC2CC2)c(Cl)cc1Cl. The molecule has 7 heteroatoms. The van der Waals surface area contributed by atoms with Crippen molar-refractivity contribution in [2.24, 2.45) is 5.92 Å². The molecule has 0 unspecified atom stereocenters. The third-order valence-electron chi connectivity index (χ3n) is 4.49. The Morgan fingerprint density at radius 3 is 2.41 bits per heavy atom. The molecule has 0 heterocycles. The zero-order chi connectivity index (χ0) is 20.8. The number of benzene rings is 2. The van der Waals surface area contributed by atoms with Gasteiger partial charge in [-0.3, -0.25) is 0 Å². The standard InChI is InChI=1S/C22H22Cl2O5/c1-26-13-17(22(25)27-2)16-6-4-3-5-15(16)12-29-21-10-20(18(23)9-19(21)24)28-11-14-7-8-14/h3-6,9-10,13-14H,7-8,11-12H2,1-2H3. The third-order valence-corrected chi connectivity index (χ3v) is 5.08. The largest absolute Gasteiger partial charge is 0.503 e. The van der Waals surface area contributed by atoms with E-state index in [0.717, 1.165) is 5.56 Å². The summed E-state index contributed by atoms with van der Waals surface area (Å²) in [5, 5.41) is 0.825. The molecular weight excluding hydrogens is 415 g/mol. The lowest BCUT2D eigenvalue weighted by Crippen LogP contribution is -2.08. The Labute approximate surface area is 180 Å². The first-order valence-corrected chi connectivity index (χ1v) is 9.93. The maximum atomic E-state index is 12.1. The number of halogens is 2. The first-order chi connectivity index (χ1) is 14.0. The van der Waals surface area contributed by atoms with Gasteiger partial charge in [0.2, 0.25) is 0 Å². The van der Waals surface area contributed by atoms with Gasteiger partial charge in [0, 0.05) is 6.07 Å². The quantitative estimate of drug-likeness (QED) is 0.294. The van der Waals surface area contributed by atoms with Gasteiger partial charge in [0.1, 0.15) is 23.7 Å². The van der Waals surface area contributed by atoms with Gasteiger partial charge in [-0.05, 0) is 36.0 Å². The molecular formula is C22H22Cl2O5. The molecule has 1 saturated carbocycles. The Kier molecular flexibility index (Phi) is 7.29. The number of carbonyl (C=O) groups excluding carboxylic acids is 1. The highest BCUT2D eigenvalue weighted by molar-refractivity contribution is 6.36. The lowest BCUT2D eigenvalue weighted by molar-refractivity contribution is -0.133. The van der Waals surface area contributed by atoms with Crippen molar-refractivity contribution in [2.75, 3.05) is 20.8 Å². The fourth-order valence-corrected chi connectivity index (χ4v) is 3.23. The molecule has 3 rings (SSSR count). The minimum absolute atomic E-state index is 0.178. The van der Waals surface area contributed by atoms with Gasteiger partial charge in [0.15, 0.2) is 0 Å². The molecule has 0 bridgehead atoms. The zero-order valence-electron chi connectivity index (χ0n) is 16.2. The molecule has 2 aromatic rings. The molecule has 0 spiro atoms. The van der Waals surface area contributed by atoms with Crippen molar-refractivity contribution in [2.45, 2.75) is 19.4 Å². The summed E-state index contributed by atoms with van der Waals surface area (Å²) in [5.74, 6) is 1.09. The molecule has 1 aliphatic carbocycles. The van der Waals surface area contributed by atoms with Crippen molar-refractivity contribution in [3.05, 3.63) is 63.8 Å². The summed E-state index contributed by atoms with van der Waals surface area (Å²) in [6.07, 6.45) is 3.72. The molecule has 5 nitrogen and oxygen atoms in total. The number of ether oxygens (including phenoxy) is 4. The van der Waals surface area contributed by atoms with Crippen LogP contribution >= 0.6 is 23.2 Å². The monoisotopic (exact) mass is 436 g/mol. The maximum absolute atomic E-state index is 12.1. The van der Waals surface area contributed by atoms with Crippen molar-refractivity contribution in [3.63, 3.8) is 0 Å². The molecule has 0 amide bonds. The topological polar surface area (TPSA) is 54.0 Å². The van der Waals surface area contributed by atoms with Crippen LogP contribution in [0.4, 0.5) is 0 Å². The highest BCUT2D eigenvalue weighted by Crippen LogP contribution is 2.38. The van der Waals surface area contributed by atoms with E-state index >= 15 is 0 Å². The Balaban J connectivity index is 1.80. The lowest BCUT2D eigenvalue weighted by Gasteiger charge is -2.15. The smallest absolute Gasteiger partial charge is 0.341 e. The van der Waals surface area contributed by atoms with Gasteiger partial charge in [0.25, 0.3) is 0 Å². The minimum Gasteiger partial charge on any atom is -0.503 e. The first kappa shape index (κ1) is 21.3. The van der Waals surface area contributed by atoms with E-state index in [1.54, 1.807) is 18.2 Å². The van der Waals surface area contributed by atoms with Gasteiger partial charge in [-0.1, -0.05) is 47.5 Å². The van der Waals surface area contributed by atoms with Gasteiger partial charge in [0.05, 0.1) is 37.1 Å². The van der Waals surface area contributed by atoms with Crippen molar-refractivity contribution in [3.8, 4) is 11.5 Å². The van der Waals surface area contributed by atoms with Crippen molar-refractivity contribution >= 4 is 34.7 Å². The van der Waals surface area contributed by atoms with Crippen LogP contribution in [0.25, 0.3) is 5.57 Å². The van der Waals surface area contributed by atoms with E-state index in [2.05, 4.69) is 0 Å². The highest BCUT2D eigenvalue weighted by atomic mass is 35.5. The summed E-state index contributed by atoms with van der Waals surface area (Å²) in [5.41, 5.74) is 1.72. The predicted molar refractivity (Wildman–Crippen MR) is 112 cm³/mol. The van der Waals surface area contributed by atoms with E-state index in [-0.39, 0.29) is 6.61 Å². The van der Waals surface area contributed by atoms with Crippen molar-refractivity contribution in [1.82, 2.24) is 0 Å². The Morgan fingerprint density at radius 2 is 1.76 bits per heavy atom. The van der Waals surface area contributed by atoms with Crippen LogP contribution in [0.1, 0.15) is 24.0 Å². The number of methoxy groups -OCH3 is 2. The van der Waals surface area contributed by atoms with Gasteiger partial charge >= 0.3 is 5.97 Å². The van der Waals surface area contributed by atoms with Crippen LogP contribution in [0.15, 0.2) is 42.7 Å². The van der Waals surface area contributed by atoms with E-state index in [9.17, 15) is 4.79 Å². The highest BCUT2D eigenvalue weighted by Gasteiger charge is 2.23. The van der Waals surface area contributed by atoms with Crippen LogP contribution < -0.4 is 9.47 Å². The average Bonchev–Trinajstić information content (AvgIpc) is 3.55. The normalized spacial score (nSPS) is 13.7. The van der Waals surface area contributed by atoms with Crippen LogP contribution in [0, 0.1) is 5.92 Å². The Hall–Kier alpha value is -2.37. The minimum atomic E-state index is -0.500. The van der Waals surface area contributed by atoms with Crippen LogP contribution in [0.5, 0.6) is 11.5 Å². The van der Waals surface area contributed by atoms with Crippen LogP contribution in [0.3, 0.4) is 0 Å².